The Morgan fingerprint density at radius 1 is 1.42 bits per heavy atom. The van der Waals surface area contributed by atoms with Gasteiger partial charge in [-0.25, -0.2) is 4.79 Å². The highest BCUT2D eigenvalue weighted by Crippen LogP contribution is 2.23. The van der Waals surface area contributed by atoms with Gasteiger partial charge in [0, 0.05) is 11.3 Å². The minimum Gasteiger partial charge on any atom is -0.480 e. The molecule has 1 aliphatic heterocycles. The average molecular weight is 283 g/mol. The number of aliphatic carboxylic acids is 1. The maximum absolute atomic E-state index is 10.7. The van der Waals surface area contributed by atoms with Crippen molar-refractivity contribution >= 4 is 22.8 Å². The number of allylic oxidation sites excluding steroid dienone is 4. The first-order valence-corrected chi connectivity index (χ1v) is 7.56. The predicted molar refractivity (Wildman–Crippen MR) is 87.1 cm³/mol. The quantitative estimate of drug-likeness (QED) is 0.781. The Labute approximate surface area is 121 Å². The van der Waals surface area contributed by atoms with Crippen LogP contribution >= 0.6 is 11.8 Å². The van der Waals surface area contributed by atoms with Crippen LogP contribution in [0.2, 0.25) is 0 Å². The average Bonchev–Trinajstić information content (AvgIpc) is 2.94. The van der Waals surface area contributed by atoms with E-state index >= 15 is 0 Å². The number of carboxylic acids is 1. The third kappa shape index (κ3) is 7.67. The molecule has 1 heterocycles. The first-order chi connectivity index (χ1) is 9.19. The van der Waals surface area contributed by atoms with Crippen LogP contribution < -0.4 is 0 Å². The van der Waals surface area contributed by atoms with Gasteiger partial charge in [0.25, 0.3) is 0 Å². The molecule has 0 aliphatic carbocycles. The molecule has 4 heteroatoms. The van der Waals surface area contributed by atoms with Crippen molar-refractivity contribution in [2.45, 2.75) is 40.7 Å². The van der Waals surface area contributed by atoms with E-state index in [1.54, 1.807) is 6.08 Å². The molecular weight excluding hydrogens is 258 g/mol. The molecule has 0 spiro atoms. The van der Waals surface area contributed by atoms with Crippen molar-refractivity contribution in [3.63, 3.8) is 0 Å². The van der Waals surface area contributed by atoms with Crippen LogP contribution in [0.5, 0.6) is 0 Å². The molecule has 0 aromatic carbocycles. The number of carbonyl (C=O) groups is 1. The summed E-state index contributed by atoms with van der Waals surface area (Å²) in [5.41, 5.74) is 0.877. The van der Waals surface area contributed by atoms with Gasteiger partial charge in [0.05, 0.1) is 5.04 Å². The van der Waals surface area contributed by atoms with Crippen LogP contribution in [0.3, 0.4) is 0 Å². The van der Waals surface area contributed by atoms with Gasteiger partial charge in [0.15, 0.2) is 6.04 Å². The second-order valence-electron chi connectivity index (χ2n) is 2.95. The maximum Gasteiger partial charge on any atom is 0.329 e. The SMILES string of the molecule is C=C/C(=C\C=C/C)C1=NC(C(=O)O)CS1.CC.CC. The van der Waals surface area contributed by atoms with Gasteiger partial charge in [-0.15, -0.1) is 11.8 Å². The summed E-state index contributed by atoms with van der Waals surface area (Å²) in [7, 11) is 0. The molecule has 0 radical (unpaired) electrons. The summed E-state index contributed by atoms with van der Waals surface area (Å²) in [4.78, 5) is 14.8. The smallest absolute Gasteiger partial charge is 0.329 e. The van der Waals surface area contributed by atoms with Crippen molar-refractivity contribution in [1.29, 1.82) is 0 Å². The van der Waals surface area contributed by atoms with Gasteiger partial charge in [0.2, 0.25) is 0 Å². The lowest BCUT2D eigenvalue weighted by molar-refractivity contribution is -0.137. The molecule has 19 heavy (non-hydrogen) atoms. The lowest BCUT2D eigenvalue weighted by atomic mass is 10.2. The zero-order chi connectivity index (χ0) is 15.3. The van der Waals surface area contributed by atoms with Gasteiger partial charge in [-0.1, -0.05) is 58.6 Å². The van der Waals surface area contributed by atoms with Crippen LogP contribution in [-0.4, -0.2) is 27.9 Å². The molecule has 0 saturated carbocycles. The lowest BCUT2D eigenvalue weighted by Gasteiger charge is -1.97. The Balaban J connectivity index is 0. The van der Waals surface area contributed by atoms with E-state index in [1.165, 1.54) is 11.8 Å². The lowest BCUT2D eigenvalue weighted by Crippen LogP contribution is -2.17. The van der Waals surface area contributed by atoms with Crippen molar-refractivity contribution in [1.82, 2.24) is 0 Å². The molecule has 0 aromatic heterocycles. The molecule has 1 rings (SSSR count). The first-order valence-electron chi connectivity index (χ1n) is 6.58. The summed E-state index contributed by atoms with van der Waals surface area (Å²) >= 11 is 1.46. The molecule has 0 fully saturated rings. The van der Waals surface area contributed by atoms with Gasteiger partial charge in [0.1, 0.15) is 0 Å². The van der Waals surface area contributed by atoms with Crippen molar-refractivity contribution in [3.05, 3.63) is 36.5 Å². The minimum absolute atomic E-state index is 0.506. The first kappa shape index (κ1) is 20.0. The van der Waals surface area contributed by atoms with E-state index < -0.39 is 12.0 Å². The van der Waals surface area contributed by atoms with E-state index in [1.807, 2.05) is 52.8 Å². The normalized spacial score (nSPS) is 17.8. The van der Waals surface area contributed by atoms with Gasteiger partial charge in [-0.3, -0.25) is 4.99 Å². The Bertz CT molecular complexity index is 357. The van der Waals surface area contributed by atoms with E-state index in [0.29, 0.717) is 5.75 Å². The molecule has 1 atom stereocenters. The van der Waals surface area contributed by atoms with Crippen LogP contribution in [-0.2, 0) is 4.79 Å². The van der Waals surface area contributed by atoms with Gasteiger partial charge >= 0.3 is 5.97 Å². The summed E-state index contributed by atoms with van der Waals surface area (Å²) in [5.74, 6) is -0.363. The van der Waals surface area contributed by atoms with Crippen molar-refractivity contribution in [2.24, 2.45) is 4.99 Å². The van der Waals surface area contributed by atoms with E-state index in [2.05, 4.69) is 11.6 Å². The highest BCUT2D eigenvalue weighted by Gasteiger charge is 2.24. The van der Waals surface area contributed by atoms with E-state index in [-0.39, 0.29) is 0 Å². The molecule has 108 valence electrons. The topological polar surface area (TPSA) is 49.7 Å². The van der Waals surface area contributed by atoms with E-state index in [9.17, 15) is 4.79 Å². The Hall–Kier alpha value is -1.29. The molecule has 0 amide bonds. The molecule has 1 aliphatic rings. The monoisotopic (exact) mass is 283 g/mol. The van der Waals surface area contributed by atoms with Crippen LogP contribution in [0.15, 0.2) is 41.4 Å². The Kier molecular flexibility index (Phi) is 13.9. The van der Waals surface area contributed by atoms with Crippen molar-refractivity contribution < 1.29 is 9.90 Å². The highest BCUT2D eigenvalue weighted by atomic mass is 32.2. The molecular formula is C15H25NO2S. The fourth-order valence-corrected chi connectivity index (χ4v) is 2.14. The number of rotatable bonds is 4. The molecule has 0 bridgehead atoms. The van der Waals surface area contributed by atoms with Crippen LogP contribution in [0.4, 0.5) is 0 Å². The highest BCUT2D eigenvalue weighted by molar-refractivity contribution is 8.14. The Morgan fingerprint density at radius 2 is 2.00 bits per heavy atom. The van der Waals surface area contributed by atoms with Crippen LogP contribution in [0, 0.1) is 0 Å². The fraction of sp³-hybridized carbons (Fsp3) is 0.467. The number of aliphatic imine (C=N–C) groups is 1. The molecule has 1 unspecified atom stereocenters. The second-order valence-corrected chi connectivity index (χ2v) is 3.96. The largest absolute Gasteiger partial charge is 0.480 e. The van der Waals surface area contributed by atoms with Gasteiger partial charge in [-0.05, 0) is 6.92 Å². The summed E-state index contributed by atoms with van der Waals surface area (Å²) in [6.07, 6.45) is 7.35. The standard InChI is InChI=1S/C11H13NO2S.2C2H6/c1-3-5-6-8(4-2)10-12-9(7-15-10)11(13)14;2*1-2/h3-6,9H,2,7H2,1H3,(H,13,14);2*1-2H3/b5-3-,8-6+;;. The number of nitrogens with zero attached hydrogens (tertiary/aromatic N) is 1. The zero-order valence-corrected chi connectivity index (χ0v) is 13.3. The fourth-order valence-electron chi connectivity index (χ4n) is 1.08. The summed E-state index contributed by atoms with van der Waals surface area (Å²) in [6, 6.07) is -0.612. The molecule has 1 N–H and O–H groups in total. The number of thioether (sulfide) groups is 1. The van der Waals surface area contributed by atoms with Crippen LogP contribution in [0.1, 0.15) is 34.6 Å². The Morgan fingerprint density at radius 3 is 2.37 bits per heavy atom. The van der Waals surface area contributed by atoms with E-state index in [4.69, 9.17) is 5.11 Å². The van der Waals surface area contributed by atoms with Crippen LogP contribution in [0.25, 0.3) is 0 Å². The summed E-state index contributed by atoms with van der Waals surface area (Å²) in [6.45, 7) is 13.6. The third-order valence-electron chi connectivity index (χ3n) is 1.87. The van der Waals surface area contributed by atoms with E-state index in [0.717, 1.165) is 10.6 Å². The molecule has 0 aromatic rings. The van der Waals surface area contributed by atoms with Crippen molar-refractivity contribution in [2.75, 3.05) is 5.75 Å². The maximum atomic E-state index is 10.7. The van der Waals surface area contributed by atoms with Gasteiger partial charge in [-0.2, -0.15) is 0 Å². The number of hydrogen-bond donors (Lipinski definition) is 1. The predicted octanol–water partition coefficient (Wildman–Crippen LogP) is 4.33. The molecule has 3 nitrogen and oxygen atoms in total. The third-order valence-corrected chi connectivity index (χ3v) is 2.97. The van der Waals surface area contributed by atoms with Gasteiger partial charge < -0.3 is 5.11 Å². The summed E-state index contributed by atoms with van der Waals surface area (Å²) < 4.78 is 0. The number of hydrogen-bond acceptors (Lipinski definition) is 3. The zero-order valence-electron chi connectivity index (χ0n) is 12.5. The number of carboxylic acid groups (broad SMARTS) is 1. The second kappa shape index (κ2) is 13.1. The minimum atomic E-state index is -0.869. The van der Waals surface area contributed by atoms with Crippen molar-refractivity contribution in [3.8, 4) is 0 Å². The molecule has 0 saturated heterocycles. The summed E-state index contributed by atoms with van der Waals surface area (Å²) in [5, 5.41) is 9.54.